The van der Waals surface area contributed by atoms with Gasteiger partial charge >= 0.3 is 0 Å². The fourth-order valence-electron chi connectivity index (χ4n) is 1.21. The van der Waals surface area contributed by atoms with Gasteiger partial charge in [-0.2, -0.15) is 5.10 Å². The van der Waals surface area contributed by atoms with Gasteiger partial charge in [0.1, 0.15) is 0 Å². The molecule has 0 aliphatic heterocycles. The van der Waals surface area contributed by atoms with Crippen molar-refractivity contribution in [2.45, 2.75) is 32.5 Å². The Labute approximate surface area is 85.3 Å². The van der Waals surface area contributed by atoms with Crippen molar-refractivity contribution in [3.05, 3.63) is 18.0 Å². The van der Waals surface area contributed by atoms with Crippen molar-refractivity contribution in [2.24, 2.45) is 0 Å². The highest BCUT2D eigenvalue weighted by Gasteiger charge is 2.07. The summed E-state index contributed by atoms with van der Waals surface area (Å²) in [6, 6.07) is 0.349. The van der Waals surface area contributed by atoms with E-state index in [4.69, 9.17) is 4.74 Å². The fourth-order valence-corrected chi connectivity index (χ4v) is 1.21. The van der Waals surface area contributed by atoms with Crippen LogP contribution in [-0.4, -0.2) is 30.0 Å². The molecule has 0 amide bonds. The second kappa shape index (κ2) is 5.12. The molecule has 1 rings (SSSR count). The van der Waals surface area contributed by atoms with Crippen molar-refractivity contribution < 1.29 is 4.74 Å². The molecule has 4 heteroatoms. The number of hydrogen-bond acceptors (Lipinski definition) is 3. The topological polar surface area (TPSA) is 39.1 Å². The van der Waals surface area contributed by atoms with E-state index >= 15 is 0 Å². The number of rotatable bonds is 5. The molecule has 1 N–H and O–H groups in total. The Morgan fingerprint density at radius 3 is 2.86 bits per heavy atom. The predicted octanol–water partition coefficient (Wildman–Crippen LogP) is 1.20. The van der Waals surface area contributed by atoms with Crippen LogP contribution < -0.4 is 5.32 Å². The molecule has 0 fully saturated rings. The van der Waals surface area contributed by atoms with Crippen molar-refractivity contribution in [1.82, 2.24) is 15.1 Å². The lowest BCUT2D eigenvalue weighted by Crippen LogP contribution is -2.15. The summed E-state index contributed by atoms with van der Waals surface area (Å²) in [6.07, 6.45) is 4.15. The minimum atomic E-state index is 0.202. The van der Waals surface area contributed by atoms with Crippen LogP contribution in [0.25, 0.3) is 0 Å². The Balaban J connectivity index is 2.59. The van der Waals surface area contributed by atoms with Gasteiger partial charge < -0.3 is 10.1 Å². The quantitative estimate of drug-likeness (QED) is 0.771. The van der Waals surface area contributed by atoms with Gasteiger partial charge in [0.05, 0.1) is 18.8 Å². The Morgan fingerprint density at radius 1 is 1.57 bits per heavy atom. The SMILES string of the molecule is CNC(C)c1cnn(CC(C)OC)c1. The summed E-state index contributed by atoms with van der Waals surface area (Å²) in [5, 5.41) is 7.45. The largest absolute Gasteiger partial charge is 0.380 e. The molecule has 0 spiro atoms. The van der Waals surface area contributed by atoms with Gasteiger partial charge in [0.2, 0.25) is 0 Å². The van der Waals surface area contributed by atoms with Crippen molar-refractivity contribution in [1.29, 1.82) is 0 Å². The molecule has 0 saturated carbocycles. The van der Waals surface area contributed by atoms with Gasteiger partial charge in [-0.15, -0.1) is 0 Å². The van der Waals surface area contributed by atoms with Crippen LogP contribution in [0.2, 0.25) is 0 Å². The zero-order chi connectivity index (χ0) is 10.6. The smallest absolute Gasteiger partial charge is 0.0739 e. The van der Waals surface area contributed by atoms with Crippen LogP contribution in [0.3, 0.4) is 0 Å². The number of ether oxygens (including phenoxy) is 1. The normalized spacial score (nSPS) is 15.4. The lowest BCUT2D eigenvalue weighted by Gasteiger charge is -2.09. The van der Waals surface area contributed by atoms with Gasteiger partial charge in [-0.05, 0) is 20.9 Å². The maximum Gasteiger partial charge on any atom is 0.0739 e. The van der Waals surface area contributed by atoms with Crippen LogP contribution in [0, 0.1) is 0 Å². The average Bonchev–Trinajstić information content (AvgIpc) is 2.65. The van der Waals surface area contributed by atoms with Gasteiger partial charge in [0.25, 0.3) is 0 Å². The molecule has 0 aromatic carbocycles. The van der Waals surface area contributed by atoms with Crippen LogP contribution >= 0.6 is 0 Å². The van der Waals surface area contributed by atoms with Crippen molar-refractivity contribution in [3.63, 3.8) is 0 Å². The average molecular weight is 197 g/mol. The van der Waals surface area contributed by atoms with E-state index in [0.29, 0.717) is 6.04 Å². The number of hydrogen-bond donors (Lipinski definition) is 1. The van der Waals surface area contributed by atoms with Crippen molar-refractivity contribution in [3.8, 4) is 0 Å². The first-order valence-corrected chi connectivity index (χ1v) is 4.89. The molecule has 80 valence electrons. The molecule has 0 aliphatic rings. The predicted molar refractivity (Wildman–Crippen MR) is 56.2 cm³/mol. The maximum atomic E-state index is 5.17. The summed E-state index contributed by atoms with van der Waals surface area (Å²) in [4.78, 5) is 0. The lowest BCUT2D eigenvalue weighted by molar-refractivity contribution is 0.0998. The van der Waals surface area contributed by atoms with Crippen LogP contribution in [0.15, 0.2) is 12.4 Å². The molecule has 1 heterocycles. The van der Waals surface area contributed by atoms with E-state index in [2.05, 4.69) is 23.5 Å². The van der Waals surface area contributed by atoms with Gasteiger partial charge in [0, 0.05) is 24.9 Å². The van der Waals surface area contributed by atoms with Crippen molar-refractivity contribution in [2.75, 3.05) is 14.2 Å². The zero-order valence-electron chi connectivity index (χ0n) is 9.32. The third kappa shape index (κ3) is 2.82. The number of aromatic nitrogens is 2. The van der Waals surface area contributed by atoms with E-state index < -0.39 is 0 Å². The molecule has 0 radical (unpaired) electrons. The van der Waals surface area contributed by atoms with Crippen LogP contribution in [0.1, 0.15) is 25.5 Å². The number of nitrogens with zero attached hydrogens (tertiary/aromatic N) is 2. The molecule has 0 aliphatic carbocycles. The Bertz CT molecular complexity index is 272. The van der Waals surface area contributed by atoms with E-state index in [9.17, 15) is 0 Å². The highest BCUT2D eigenvalue weighted by Crippen LogP contribution is 2.10. The third-order valence-corrected chi connectivity index (χ3v) is 2.43. The Kier molecular flexibility index (Phi) is 4.10. The summed E-state index contributed by atoms with van der Waals surface area (Å²) in [6.45, 7) is 4.94. The first-order chi connectivity index (χ1) is 6.67. The first kappa shape index (κ1) is 11.2. The fraction of sp³-hybridized carbons (Fsp3) is 0.700. The molecule has 0 bridgehead atoms. The first-order valence-electron chi connectivity index (χ1n) is 4.89. The van der Waals surface area contributed by atoms with E-state index in [1.165, 1.54) is 5.56 Å². The highest BCUT2D eigenvalue weighted by atomic mass is 16.5. The molecule has 14 heavy (non-hydrogen) atoms. The molecule has 4 nitrogen and oxygen atoms in total. The molecule has 2 unspecified atom stereocenters. The van der Waals surface area contributed by atoms with Crippen LogP contribution in [0.4, 0.5) is 0 Å². The molecule has 2 atom stereocenters. The van der Waals surface area contributed by atoms with E-state index in [1.807, 2.05) is 24.9 Å². The van der Waals surface area contributed by atoms with Gasteiger partial charge in [-0.3, -0.25) is 4.68 Å². The molecular formula is C10H19N3O. The minimum Gasteiger partial charge on any atom is -0.380 e. The van der Waals surface area contributed by atoms with E-state index in [1.54, 1.807) is 7.11 Å². The summed E-state index contributed by atoms with van der Waals surface area (Å²) in [5.41, 5.74) is 1.20. The van der Waals surface area contributed by atoms with E-state index in [-0.39, 0.29) is 6.10 Å². The van der Waals surface area contributed by atoms with Gasteiger partial charge in [-0.1, -0.05) is 0 Å². The molecule has 1 aromatic rings. The zero-order valence-corrected chi connectivity index (χ0v) is 9.32. The number of methoxy groups -OCH3 is 1. The second-order valence-corrected chi connectivity index (χ2v) is 3.55. The van der Waals surface area contributed by atoms with Crippen molar-refractivity contribution >= 4 is 0 Å². The maximum absolute atomic E-state index is 5.17. The van der Waals surface area contributed by atoms with E-state index in [0.717, 1.165) is 6.54 Å². The van der Waals surface area contributed by atoms with Crippen LogP contribution in [0.5, 0.6) is 0 Å². The monoisotopic (exact) mass is 197 g/mol. The standard InChI is InChI=1S/C10H19N3O/c1-8(14-4)6-13-7-10(5-12-13)9(2)11-3/h5,7-9,11H,6H2,1-4H3. The summed E-state index contributed by atoms with van der Waals surface area (Å²) >= 11 is 0. The molecule has 0 saturated heterocycles. The third-order valence-electron chi connectivity index (χ3n) is 2.43. The summed E-state index contributed by atoms with van der Waals surface area (Å²) in [5.74, 6) is 0. The molecular weight excluding hydrogens is 178 g/mol. The Hall–Kier alpha value is -0.870. The van der Waals surface area contributed by atoms with Gasteiger partial charge in [-0.25, -0.2) is 0 Å². The van der Waals surface area contributed by atoms with Gasteiger partial charge in [0.15, 0.2) is 0 Å². The Morgan fingerprint density at radius 2 is 2.29 bits per heavy atom. The van der Waals surface area contributed by atoms with Crippen LogP contribution in [-0.2, 0) is 11.3 Å². The molecule has 1 aromatic heterocycles. The summed E-state index contributed by atoms with van der Waals surface area (Å²) < 4.78 is 7.09. The minimum absolute atomic E-state index is 0.202. The highest BCUT2D eigenvalue weighted by molar-refractivity contribution is 5.08. The lowest BCUT2D eigenvalue weighted by atomic mass is 10.2. The second-order valence-electron chi connectivity index (χ2n) is 3.55. The summed E-state index contributed by atoms with van der Waals surface area (Å²) in [7, 11) is 3.66. The number of nitrogens with one attached hydrogen (secondary N) is 1.